The summed E-state index contributed by atoms with van der Waals surface area (Å²) in [7, 11) is 0. The van der Waals surface area contributed by atoms with Crippen molar-refractivity contribution in [2.24, 2.45) is 0 Å². The first-order valence-electron chi connectivity index (χ1n) is 9.89. The summed E-state index contributed by atoms with van der Waals surface area (Å²) in [6.07, 6.45) is 1.72. The molecule has 2 fully saturated rings. The first kappa shape index (κ1) is 20.8. The number of likely N-dealkylation sites (tertiary alicyclic amines) is 1. The summed E-state index contributed by atoms with van der Waals surface area (Å²) in [5.41, 5.74) is 2.61. The second kappa shape index (κ2) is 9.53. The van der Waals surface area contributed by atoms with Crippen LogP contribution in [0.1, 0.15) is 40.5 Å². The van der Waals surface area contributed by atoms with Crippen LogP contribution < -0.4 is 0 Å². The highest BCUT2D eigenvalue weighted by Crippen LogP contribution is 2.31. The minimum atomic E-state index is 0.100. The first-order chi connectivity index (χ1) is 14.1. The third kappa shape index (κ3) is 4.98. The van der Waals surface area contributed by atoms with Gasteiger partial charge in [0.25, 0.3) is 5.91 Å². The molecule has 2 saturated heterocycles. The molecule has 5 nitrogen and oxygen atoms in total. The highest BCUT2D eigenvalue weighted by molar-refractivity contribution is 8.00. The molecule has 4 heterocycles. The van der Waals surface area contributed by atoms with Gasteiger partial charge in [-0.1, -0.05) is 0 Å². The SMILES string of the molecule is Cc1ccc(C(=O)N2CCSC2)c(C2CCN(C(=O)CSc3ccsc3)CC2)n1. The molecule has 154 valence electrons. The Hall–Kier alpha value is -1.51. The number of aromatic nitrogens is 1. The standard InChI is InChI=1S/C21H25N3O2S3/c1-15-2-3-18(21(26)24-9-11-28-14-24)20(22-15)16-4-7-23(8-5-16)19(25)13-29-17-6-10-27-12-17/h2-3,6,10,12,16H,4-5,7-9,11,13-14H2,1H3. The Morgan fingerprint density at radius 1 is 1.17 bits per heavy atom. The van der Waals surface area contributed by atoms with E-state index in [0.717, 1.165) is 66.0 Å². The van der Waals surface area contributed by atoms with E-state index in [2.05, 4.69) is 11.4 Å². The number of hydrogen-bond acceptors (Lipinski definition) is 6. The average molecular weight is 448 g/mol. The molecule has 0 saturated carbocycles. The minimum absolute atomic E-state index is 0.100. The Morgan fingerprint density at radius 2 is 2.00 bits per heavy atom. The number of pyridine rings is 1. The highest BCUT2D eigenvalue weighted by Gasteiger charge is 2.30. The predicted octanol–water partition coefficient (Wildman–Crippen LogP) is 4.10. The molecule has 2 aliphatic rings. The van der Waals surface area contributed by atoms with Crippen LogP contribution in [0.25, 0.3) is 0 Å². The maximum Gasteiger partial charge on any atom is 0.256 e. The maximum atomic E-state index is 13.0. The van der Waals surface area contributed by atoms with Crippen molar-refractivity contribution >= 4 is 46.7 Å². The Kier molecular flexibility index (Phi) is 6.82. The maximum absolute atomic E-state index is 13.0. The molecule has 0 radical (unpaired) electrons. The number of piperidine rings is 1. The molecule has 0 aliphatic carbocycles. The van der Waals surface area contributed by atoms with E-state index < -0.39 is 0 Å². The third-order valence-electron chi connectivity index (χ3n) is 5.43. The molecule has 29 heavy (non-hydrogen) atoms. The second-order valence-electron chi connectivity index (χ2n) is 7.39. The van der Waals surface area contributed by atoms with Crippen molar-refractivity contribution in [2.75, 3.05) is 37.0 Å². The van der Waals surface area contributed by atoms with Crippen LogP contribution in [0.3, 0.4) is 0 Å². The van der Waals surface area contributed by atoms with Crippen molar-refractivity contribution in [1.82, 2.24) is 14.8 Å². The van der Waals surface area contributed by atoms with Crippen LogP contribution in [0.5, 0.6) is 0 Å². The summed E-state index contributed by atoms with van der Waals surface area (Å²) in [5, 5.41) is 4.11. The van der Waals surface area contributed by atoms with E-state index in [0.29, 0.717) is 5.75 Å². The first-order valence-corrected chi connectivity index (χ1v) is 13.0. The van der Waals surface area contributed by atoms with Gasteiger partial charge in [-0.3, -0.25) is 14.6 Å². The van der Waals surface area contributed by atoms with Gasteiger partial charge in [-0.15, -0.1) is 23.5 Å². The third-order valence-corrected chi connectivity index (χ3v) is 8.20. The molecule has 2 aromatic heterocycles. The van der Waals surface area contributed by atoms with Gasteiger partial charge in [-0.25, -0.2) is 0 Å². The molecule has 8 heteroatoms. The minimum Gasteiger partial charge on any atom is -0.342 e. The van der Waals surface area contributed by atoms with Crippen molar-refractivity contribution < 1.29 is 9.59 Å². The predicted molar refractivity (Wildman–Crippen MR) is 121 cm³/mol. The van der Waals surface area contributed by atoms with Gasteiger partial charge in [0, 0.05) is 47.3 Å². The smallest absolute Gasteiger partial charge is 0.256 e. The second-order valence-corrected chi connectivity index (χ2v) is 10.3. The summed E-state index contributed by atoms with van der Waals surface area (Å²) in [4.78, 5) is 35.4. The molecular weight excluding hydrogens is 422 g/mol. The topological polar surface area (TPSA) is 53.5 Å². The van der Waals surface area contributed by atoms with Gasteiger partial charge in [-0.05, 0) is 43.3 Å². The molecule has 2 aromatic rings. The lowest BCUT2D eigenvalue weighted by Crippen LogP contribution is -2.39. The Balaban J connectivity index is 1.39. The van der Waals surface area contributed by atoms with Crippen LogP contribution >= 0.6 is 34.9 Å². The number of hydrogen-bond donors (Lipinski definition) is 0. The zero-order chi connectivity index (χ0) is 20.2. The summed E-state index contributed by atoms with van der Waals surface area (Å²) in [6, 6.07) is 5.92. The van der Waals surface area contributed by atoms with E-state index in [-0.39, 0.29) is 17.7 Å². The quantitative estimate of drug-likeness (QED) is 0.646. The molecular formula is C21H25N3O2S3. The monoisotopic (exact) mass is 447 g/mol. The van der Waals surface area contributed by atoms with Gasteiger partial charge in [0.2, 0.25) is 5.91 Å². The Bertz CT molecular complexity index is 858. The molecule has 0 aromatic carbocycles. The van der Waals surface area contributed by atoms with Crippen LogP contribution in [-0.2, 0) is 4.79 Å². The van der Waals surface area contributed by atoms with E-state index in [1.807, 2.05) is 34.2 Å². The Labute approximate surface area is 184 Å². The van der Waals surface area contributed by atoms with Gasteiger partial charge < -0.3 is 9.80 Å². The normalized spacial score (nSPS) is 17.7. The molecule has 0 unspecified atom stereocenters. The number of carbonyl (C=O) groups excluding carboxylic acids is 2. The summed E-state index contributed by atoms with van der Waals surface area (Å²) < 4.78 is 0. The number of thioether (sulfide) groups is 2. The summed E-state index contributed by atoms with van der Waals surface area (Å²) in [5.74, 6) is 2.79. The molecule has 0 bridgehead atoms. The average Bonchev–Trinajstić information content (AvgIpc) is 3.46. The lowest BCUT2D eigenvalue weighted by Gasteiger charge is -2.32. The van der Waals surface area contributed by atoms with Crippen molar-refractivity contribution in [3.63, 3.8) is 0 Å². The van der Waals surface area contributed by atoms with E-state index >= 15 is 0 Å². The molecule has 0 spiro atoms. The largest absolute Gasteiger partial charge is 0.342 e. The van der Waals surface area contributed by atoms with Crippen molar-refractivity contribution in [2.45, 2.75) is 30.6 Å². The van der Waals surface area contributed by atoms with E-state index in [4.69, 9.17) is 4.98 Å². The van der Waals surface area contributed by atoms with Crippen LogP contribution in [0, 0.1) is 6.92 Å². The van der Waals surface area contributed by atoms with Crippen LogP contribution in [0.15, 0.2) is 33.9 Å². The van der Waals surface area contributed by atoms with Gasteiger partial charge >= 0.3 is 0 Å². The van der Waals surface area contributed by atoms with Crippen LogP contribution in [0.2, 0.25) is 0 Å². The number of aryl methyl sites for hydroxylation is 1. The summed E-state index contributed by atoms with van der Waals surface area (Å²) in [6.45, 7) is 4.25. The zero-order valence-corrected chi connectivity index (χ0v) is 19.0. The number of nitrogens with zero attached hydrogens (tertiary/aromatic N) is 3. The van der Waals surface area contributed by atoms with Gasteiger partial charge in [-0.2, -0.15) is 11.3 Å². The zero-order valence-electron chi connectivity index (χ0n) is 16.5. The lowest BCUT2D eigenvalue weighted by atomic mass is 9.89. The molecule has 0 N–H and O–H groups in total. The lowest BCUT2D eigenvalue weighted by molar-refractivity contribution is -0.129. The fourth-order valence-corrected chi connectivity index (χ4v) is 6.41. The number of amides is 2. The van der Waals surface area contributed by atoms with Gasteiger partial charge in [0.1, 0.15) is 0 Å². The van der Waals surface area contributed by atoms with Crippen LogP contribution in [-0.4, -0.2) is 63.6 Å². The number of carbonyl (C=O) groups is 2. The van der Waals surface area contributed by atoms with Gasteiger partial charge in [0.15, 0.2) is 0 Å². The van der Waals surface area contributed by atoms with E-state index in [1.165, 1.54) is 0 Å². The Morgan fingerprint density at radius 3 is 2.69 bits per heavy atom. The van der Waals surface area contributed by atoms with Crippen molar-refractivity contribution in [3.8, 4) is 0 Å². The molecule has 2 aliphatic heterocycles. The van der Waals surface area contributed by atoms with Crippen molar-refractivity contribution in [1.29, 1.82) is 0 Å². The van der Waals surface area contributed by atoms with Crippen LogP contribution in [0.4, 0.5) is 0 Å². The van der Waals surface area contributed by atoms with E-state index in [1.54, 1.807) is 34.9 Å². The fourth-order valence-electron chi connectivity index (χ4n) is 3.79. The molecule has 4 rings (SSSR count). The van der Waals surface area contributed by atoms with Gasteiger partial charge in [0.05, 0.1) is 22.9 Å². The summed E-state index contributed by atoms with van der Waals surface area (Å²) >= 11 is 5.05. The molecule has 0 atom stereocenters. The highest BCUT2D eigenvalue weighted by atomic mass is 32.2. The number of rotatable bonds is 5. The number of thiophene rings is 1. The molecule has 2 amide bonds. The fraction of sp³-hybridized carbons (Fsp3) is 0.476. The van der Waals surface area contributed by atoms with Crippen molar-refractivity contribution in [3.05, 3.63) is 45.9 Å². The van der Waals surface area contributed by atoms with E-state index in [9.17, 15) is 9.59 Å².